The van der Waals surface area contributed by atoms with Crippen molar-refractivity contribution in [3.8, 4) is 0 Å². The average Bonchev–Trinajstić information content (AvgIpc) is 3.19. The standard InChI is InChI=1S/C14H15N3O3S2/c1-22(19,20)8-9-2-4-10(5-3-9)12(18)15-14-17-16-13(21-14)11-6-7-11/h2-5,11H,6-8H2,1H3,(H,15,17,18). The van der Waals surface area contributed by atoms with Crippen LogP contribution in [0.5, 0.6) is 0 Å². The highest BCUT2D eigenvalue weighted by Gasteiger charge is 2.27. The Balaban J connectivity index is 1.66. The van der Waals surface area contributed by atoms with E-state index in [-0.39, 0.29) is 11.7 Å². The molecule has 0 radical (unpaired) electrons. The molecule has 8 heteroatoms. The maximum atomic E-state index is 12.1. The predicted octanol–water partition coefficient (Wildman–Crippen LogP) is 2.21. The third-order valence-corrected chi connectivity index (χ3v) is 5.09. The zero-order chi connectivity index (χ0) is 15.7. The topological polar surface area (TPSA) is 89.0 Å². The number of carbonyl (C=O) groups excluding carboxylic acids is 1. The number of anilines is 1. The number of hydrogen-bond donors (Lipinski definition) is 1. The SMILES string of the molecule is CS(=O)(=O)Cc1ccc(C(=O)Nc2nnc(C3CC3)s2)cc1. The van der Waals surface area contributed by atoms with Crippen LogP contribution in [0.4, 0.5) is 5.13 Å². The number of rotatable bonds is 5. The summed E-state index contributed by atoms with van der Waals surface area (Å²) in [5.41, 5.74) is 1.12. The monoisotopic (exact) mass is 337 g/mol. The van der Waals surface area contributed by atoms with E-state index < -0.39 is 9.84 Å². The highest BCUT2D eigenvalue weighted by Crippen LogP contribution is 2.42. The molecule has 1 aromatic heterocycles. The van der Waals surface area contributed by atoms with Gasteiger partial charge in [0.2, 0.25) is 5.13 Å². The maximum Gasteiger partial charge on any atom is 0.257 e. The Labute approximate surface area is 132 Å². The third-order valence-electron chi connectivity index (χ3n) is 3.23. The number of nitrogens with zero attached hydrogens (tertiary/aromatic N) is 2. The molecule has 1 fully saturated rings. The Morgan fingerprint density at radius 2 is 1.95 bits per heavy atom. The first-order chi connectivity index (χ1) is 10.4. The van der Waals surface area contributed by atoms with Crippen molar-refractivity contribution in [3.05, 3.63) is 40.4 Å². The van der Waals surface area contributed by atoms with Gasteiger partial charge in [-0.25, -0.2) is 8.42 Å². The molecule has 0 bridgehead atoms. The van der Waals surface area contributed by atoms with E-state index in [1.54, 1.807) is 24.3 Å². The van der Waals surface area contributed by atoms with Crippen LogP contribution in [0.2, 0.25) is 0 Å². The van der Waals surface area contributed by atoms with Crippen molar-refractivity contribution in [2.24, 2.45) is 0 Å². The molecule has 1 saturated carbocycles. The molecule has 1 N–H and O–H groups in total. The molecular weight excluding hydrogens is 322 g/mol. The summed E-state index contributed by atoms with van der Waals surface area (Å²) in [6.45, 7) is 0. The Morgan fingerprint density at radius 1 is 1.27 bits per heavy atom. The van der Waals surface area contributed by atoms with Crippen LogP contribution in [0.3, 0.4) is 0 Å². The minimum absolute atomic E-state index is 0.0317. The molecule has 0 spiro atoms. The van der Waals surface area contributed by atoms with E-state index in [1.165, 1.54) is 17.6 Å². The average molecular weight is 337 g/mol. The van der Waals surface area contributed by atoms with Crippen LogP contribution >= 0.6 is 11.3 Å². The molecule has 22 heavy (non-hydrogen) atoms. The van der Waals surface area contributed by atoms with E-state index in [9.17, 15) is 13.2 Å². The number of aromatic nitrogens is 2. The van der Waals surface area contributed by atoms with Crippen LogP contribution in [-0.4, -0.2) is 30.8 Å². The maximum absolute atomic E-state index is 12.1. The first-order valence-electron chi connectivity index (χ1n) is 6.82. The zero-order valence-electron chi connectivity index (χ0n) is 11.9. The molecule has 1 aliphatic rings. The van der Waals surface area contributed by atoms with Gasteiger partial charge in [0.1, 0.15) is 5.01 Å². The lowest BCUT2D eigenvalue weighted by molar-refractivity contribution is 0.102. The minimum atomic E-state index is -3.08. The third kappa shape index (κ3) is 3.89. The molecule has 0 unspecified atom stereocenters. The molecule has 0 atom stereocenters. The Kier molecular flexibility index (Phi) is 3.96. The highest BCUT2D eigenvalue weighted by atomic mass is 32.2. The van der Waals surface area contributed by atoms with Crippen LogP contribution in [-0.2, 0) is 15.6 Å². The van der Waals surface area contributed by atoms with Crippen molar-refractivity contribution in [2.45, 2.75) is 24.5 Å². The molecule has 2 aromatic rings. The zero-order valence-corrected chi connectivity index (χ0v) is 13.6. The van der Waals surface area contributed by atoms with Gasteiger partial charge in [0, 0.05) is 17.7 Å². The molecule has 1 aromatic carbocycles. The van der Waals surface area contributed by atoms with Crippen molar-refractivity contribution in [3.63, 3.8) is 0 Å². The number of sulfone groups is 1. The first kappa shape index (κ1) is 15.1. The van der Waals surface area contributed by atoms with Crippen LogP contribution in [0.1, 0.15) is 39.7 Å². The number of amides is 1. The molecule has 1 amide bonds. The van der Waals surface area contributed by atoms with Crippen molar-refractivity contribution >= 4 is 32.2 Å². The number of carbonyl (C=O) groups is 1. The molecule has 1 heterocycles. The van der Waals surface area contributed by atoms with Crippen molar-refractivity contribution in [2.75, 3.05) is 11.6 Å². The van der Waals surface area contributed by atoms with E-state index in [0.717, 1.165) is 17.8 Å². The van der Waals surface area contributed by atoms with Crippen LogP contribution < -0.4 is 5.32 Å². The molecule has 3 rings (SSSR count). The van der Waals surface area contributed by atoms with E-state index >= 15 is 0 Å². The minimum Gasteiger partial charge on any atom is -0.296 e. The van der Waals surface area contributed by atoms with Crippen molar-refractivity contribution in [1.82, 2.24) is 10.2 Å². The van der Waals surface area contributed by atoms with Gasteiger partial charge in [-0.2, -0.15) is 0 Å². The summed E-state index contributed by atoms with van der Waals surface area (Å²) >= 11 is 1.40. The molecule has 116 valence electrons. The number of nitrogens with one attached hydrogen (secondary N) is 1. The number of benzene rings is 1. The summed E-state index contributed by atoms with van der Waals surface area (Å²) in [5, 5.41) is 12.2. The summed E-state index contributed by atoms with van der Waals surface area (Å²) in [5.74, 6) is 0.207. The lowest BCUT2D eigenvalue weighted by atomic mass is 10.1. The summed E-state index contributed by atoms with van der Waals surface area (Å²) in [6, 6.07) is 6.51. The van der Waals surface area contributed by atoms with Gasteiger partial charge in [-0.1, -0.05) is 23.5 Å². The Hall–Kier alpha value is -1.80. The normalized spacial score (nSPS) is 14.8. The van der Waals surface area contributed by atoms with Crippen LogP contribution in [0.15, 0.2) is 24.3 Å². The molecule has 6 nitrogen and oxygen atoms in total. The van der Waals surface area contributed by atoms with E-state index in [4.69, 9.17) is 0 Å². The second kappa shape index (κ2) is 5.77. The summed E-state index contributed by atoms with van der Waals surface area (Å²) < 4.78 is 22.5. The Morgan fingerprint density at radius 3 is 2.55 bits per heavy atom. The second-order valence-corrected chi connectivity index (χ2v) is 8.59. The molecular formula is C14H15N3O3S2. The quantitative estimate of drug-likeness (QED) is 0.903. The highest BCUT2D eigenvalue weighted by molar-refractivity contribution is 7.89. The second-order valence-electron chi connectivity index (χ2n) is 5.44. The van der Waals surface area contributed by atoms with Gasteiger partial charge in [0.25, 0.3) is 5.91 Å². The van der Waals surface area contributed by atoms with Crippen molar-refractivity contribution in [1.29, 1.82) is 0 Å². The molecule has 0 saturated heterocycles. The summed E-state index contributed by atoms with van der Waals surface area (Å²) in [4.78, 5) is 12.1. The Bertz CT molecular complexity index is 793. The summed E-state index contributed by atoms with van der Waals surface area (Å²) in [7, 11) is -3.08. The van der Waals surface area contributed by atoms with Crippen LogP contribution in [0.25, 0.3) is 0 Å². The van der Waals surface area contributed by atoms with Crippen LogP contribution in [0, 0.1) is 0 Å². The molecule has 1 aliphatic carbocycles. The first-order valence-corrected chi connectivity index (χ1v) is 9.70. The van der Waals surface area contributed by atoms with E-state index in [1.807, 2.05) is 0 Å². The van der Waals surface area contributed by atoms with E-state index in [2.05, 4.69) is 15.5 Å². The van der Waals surface area contributed by atoms with E-state index in [0.29, 0.717) is 22.2 Å². The largest absolute Gasteiger partial charge is 0.296 e. The summed E-state index contributed by atoms with van der Waals surface area (Å²) in [6.07, 6.45) is 3.47. The predicted molar refractivity (Wildman–Crippen MR) is 84.8 cm³/mol. The van der Waals surface area contributed by atoms with Gasteiger partial charge in [-0.3, -0.25) is 10.1 Å². The van der Waals surface area contributed by atoms with Crippen molar-refractivity contribution < 1.29 is 13.2 Å². The van der Waals surface area contributed by atoms with Gasteiger partial charge in [0.15, 0.2) is 9.84 Å². The van der Waals surface area contributed by atoms with Gasteiger partial charge < -0.3 is 0 Å². The fourth-order valence-corrected chi connectivity index (χ4v) is 3.71. The van der Waals surface area contributed by atoms with Gasteiger partial charge in [-0.15, -0.1) is 10.2 Å². The smallest absolute Gasteiger partial charge is 0.257 e. The van der Waals surface area contributed by atoms with Gasteiger partial charge in [-0.05, 0) is 30.5 Å². The van der Waals surface area contributed by atoms with Gasteiger partial charge in [0.05, 0.1) is 5.75 Å². The lowest BCUT2D eigenvalue weighted by Gasteiger charge is -2.03. The molecule has 0 aliphatic heterocycles. The fraction of sp³-hybridized carbons (Fsp3) is 0.357. The van der Waals surface area contributed by atoms with Gasteiger partial charge >= 0.3 is 0 Å². The number of hydrogen-bond acceptors (Lipinski definition) is 6. The lowest BCUT2D eigenvalue weighted by Crippen LogP contribution is -2.11. The fourth-order valence-electron chi connectivity index (χ4n) is 2.00.